The Kier molecular flexibility index (Phi) is 8.46. The Morgan fingerprint density at radius 1 is 0.277 bits per heavy atom. The fourth-order valence-corrected chi connectivity index (χ4v) is 9.85. The standard InChI is InChI=1S/C60H39N5/c1-2-12-40(13-3-1)41-25-29-46(30-26-41)63-55-18-7-4-14-49(55)51-38-44(27-35-57(51)63)45-28-36-58-52(39-45)50-15-5-8-19-56(50)64(58)47-31-33-48(34-32-47)65-59-20-9-6-17-54(59)62-60(65)43-23-21-42(22-24-43)53-16-10-11-37-61-53/h1-39H. The minimum atomic E-state index is 0.899. The SMILES string of the molecule is c1ccc(-c2ccc(-n3c4ccccc4c4cc(-c5ccc6c(c5)c5ccccc5n6-c5ccc(-n6c(-c7ccc(-c8ccccn8)cc7)nc7ccccc76)cc5)ccc43)cc2)cc1. The summed E-state index contributed by atoms with van der Waals surface area (Å²) < 4.78 is 7.05. The molecule has 0 bridgehead atoms. The number of fused-ring (bicyclic) bond motifs is 7. The number of imidazole rings is 1. The summed E-state index contributed by atoms with van der Waals surface area (Å²) in [4.78, 5) is 9.70. The van der Waals surface area contributed by atoms with E-state index in [1.807, 2.05) is 24.4 Å². The molecule has 5 heteroatoms. The number of hydrogen-bond donors (Lipinski definition) is 0. The number of nitrogens with zero attached hydrogens (tertiary/aromatic N) is 5. The highest BCUT2D eigenvalue weighted by atomic mass is 15.1. The summed E-state index contributed by atoms with van der Waals surface area (Å²) >= 11 is 0. The van der Waals surface area contributed by atoms with Gasteiger partial charge in [-0.15, -0.1) is 0 Å². The van der Waals surface area contributed by atoms with Crippen LogP contribution in [0.3, 0.4) is 0 Å². The van der Waals surface area contributed by atoms with Crippen LogP contribution in [0.25, 0.3) is 117 Å². The van der Waals surface area contributed by atoms with Crippen LogP contribution in [-0.2, 0) is 0 Å². The van der Waals surface area contributed by atoms with Crippen LogP contribution in [0.5, 0.6) is 0 Å². The molecule has 5 nitrogen and oxygen atoms in total. The Morgan fingerprint density at radius 3 is 1.32 bits per heavy atom. The normalized spacial score (nSPS) is 11.7. The second-order valence-corrected chi connectivity index (χ2v) is 16.7. The fourth-order valence-electron chi connectivity index (χ4n) is 9.85. The molecule has 304 valence electrons. The van der Waals surface area contributed by atoms with E-state index in [0.29, 0.717) is 0 Å². The Morgan fingerprint density at radius 2 is 0.723 bits per heavy atom. The summed E-state index contributed by atoms with van der Waals surface area (Å²) in [5.41, 5.74) is 17.9. The highest BCUT2D eigenvalue weighted by Gasteiger charge is 2.18. The average molecular weight is 830 g/mol. The summed E-state index contributed by atoms with van der Waals surface area (Å²) in [6.45, 7) is 0. The van der Waals surface area contributed by atoms with Crippen LogP contribution in [0.1, 0.15) is 0 Å². The summed E-state index contributed by atoms with van der Waals surface area (Å²) in [5, 5.41) is 4.93. The molecule has 0 atom stereocenters. The van der Waals surface area contributed by atoms with Gasteiger partial charge in [-0.05, 0) is 119 Å². The van der Waals surface area contributed by atoms with Crippen LogP contribution in [0.15, 0.2) is 237 Å². The summed E-state index contributed by atoms with van der Waals surface area (Å²) in [6, 6.07) is 82.7. The summed E-state index contributed by atoms with van der Waals surface area (Å²) in [7, 11) is 0. The van der Waals surface area contributed by atoms with E-state index in [0.717, 1.165) is 50.7 Å². The Balaban J connectivity index is 0.878. The summed E-state index contributed by atoms with van der Waals surface area (Å²) in [5.74, 6) is 0.899. The van der Waals surface area contributed by atoms with Crippen molar-refractivity contribution in [3.8, 4) is 62.0 Å². The molecule has 4 aromatic heterocycles. The van der Waals surface area contributed by atoms with Gasteiger partial charge in [0.05, 0.1) is 38.8 Å². The van der Waals surface area contributed by atoms with E-state index in [-0.39, 0.29) is 0 Å². The van der Waals surface area contributed by atoms with Crippen molar-refractivity contribution in [1.82, 2.24) is 23.7 Å². The number of aromatic nitrogens is 5. The van der Waals surface area contributed by atoms with Crippen molar-refractivity contribution >= 4 is 54.6 Å². The van der Waals surface area contributed by atoms with Gasteiger partial charge < -0.3 is 9.13 Å². The summed E-state index contributed by atoms with van der Waals surface area (Å²) in [6.07, 6.45) is 1.83. The topological polar surface area (TPSA) is 40.6 Å². The number of para-hydroxylation sites is 4. The zero-order chi connectivity index (χ0) is 42.8. The smallest absolute Gasteiger partial charge is 0.145 e. The first kappa shape index (κ1) is 36.8. The number of hydrogen-bond acceptors (Lipinski definition) is 2. The molecular weight excluding hydrogens is 791 g/mol. The lowest BCUT2D eigenvalue weighted by molar-refractivity contribution is 1.09. The van der Waals surface area contributed by atoms with Crippen molar-refractivity contribution in [2.75, 3.05) is 0 Å². The van der Waals surface area contributed by atoms with Gasteiger partial charge in [-0.2, -0.15) is 0 Å². The second-order valence-electron chi connectivity index (χ2n) is 16.7. The van der Waals surface area contributed by atoms with Crippen molar-refractivity contribution in [2.45, 2.75) is 0 Å². The molecule has 0 amide bonds. The van der Waals surface area contributed by atoms with E-state index < -0.39 is 0 Å². The lowest BCUT2D eigenvalue weighted by atomic mass is 10.0. The van der Waals surface area contributed by atoms with Crippen LogP contribution in [0.2, 0.25) is 0 Å². The van der Waals surface area contributed by atoms with Crippen molar-refractivity contribution < 1.29 is 0 Å². The molecule has 0 aliphatic carbocycles. The van der Waals surface area contributed by atoms with Crippen molar-refractivity contribution in [3.63, 3.8) is 0 Å². The molecule has 65 heavy (non-hydrogen) atoms. The highest BCUT2D eigenvalue weighted by Crippen LogP contribution is 2.39. The fraction of sp³-hybridized carbons (Fsp3) is 0. The molecule has 0 aliphatic rings. The molecule has 0 saturated carbocycles. The van der Waals surface area contributed by atoms with Crippen molar-refractivity contribution in [3.05, 3.63) is 237 Å². The molecule has 0 radical (unpaired) electrons. The second kappa shape index (κ2) is 14.9. The van der Waals surface area contributed by atoms with E-state index in [1.54, 1.807) is 0 Å². The number of benzene rings is 9. The lowest BCUT2D eigenvalue weighted by Crippen LogP contribution is -1.99. The zero-order valence-corrected chi connectivity index (χ0v) is 35.3. The number of rotatable bonds is 7. The van der Waals surface area contributed by atoms with Gasteiger partial charge in [0.25, 0.3) is 0 Å². The predicted molar refractivity (Wildman–Crippen MR) is 269 cm³/mol. The van der Waals surface area contributed by atoms with Gasteiger partial charge in [0.15, 0.2) is 0 Å². The van der Waals surface area contributed by atoms with E-state index in [9.17, 15) is 0 Å². The molecule has 13 aromatic rings. The first-order valence-corrected chi connectivity index (χ1v) is 22.1. The van der Waals surface area contributed by atoms with Crippen molar-refractivity contribution in [1.29, 1.82) is 0 Å². The zero-order valence-electron chi connectivity index (χ0n) is 35.3. The van der Waals surface area contributed by atoms with Crippen LogP contribution in [0.4, 0.5) is 0 Å². The van der Waals surface area contributed by atoms with E-state index in [4.69, 9.17) is 4.98 Å². The third kappa shape index (κ3) is 6.09. The molecule has 0 spiro atoms. The van der Waals surface area contributed by atoms with Gasteiger partial charge in [0, 0.05) is 55.9 Å². The quantitative estimate of drug-likeness (QED) is 0.161. The van der Waals surface area contributed by atoms with Gasteiger partial charge in [-0.25, -0.2) is 4.98 Å². The average Bonchev–Trinajstić information content (AvgIpc) is 4.05. The molecule has 0 aliphatic heterocycles. The van der Waals surface area contributed by atoms with Gasteiger partial charge in [-0.3, -0.25) is 9.55 Å². The van der Waals surface area contributed by atoms with Crippen molar-refractivity contribution in [2.24, 2.45) is 0 Å². The molecule has 0 unspecified atom stereocenters. The minimum Gasteiger partial charge on any atom is -0.309 e. The van der Waals surface area contributed by atoms with Crippen LogP contribution in [-0.4, -0.2) is 23.7 Å². The number of pyridine rings is 1. The van der Waals surface area contributed by atoms with E-state index >= 15 is 0 Å². The molecule has 0 fully saturated rings. The van der Waals surface area contributed by atoms with Crippen LogP contribution >= 0.6 is 0 Å². The first-order valence-electron chi connectivity index (χ1n) is 22.1. The Labute approximate surface area is 375 Å². The Bertz CT molecular complexity index is 3900. The van der Waals surface area contributed by atoms with Gasteiger partial charge in [0.2, 0.25) is 0 Å². The lowest BCUT2D eigenvalue weighted by Gasteiger charge is -2.13. The molecule has 0 saturated heterocycles. The Hall–Kier alpha value is -8.80. The first-order chi connectivity index (χ1) is 32.2. The van der Waals surface area contributed by atoms with E-state index in [2.05, 4.69) is 231 Å². The van der Waals surface area contributed by atoms with Gasteiger partial charge in [-0.1, -0.05) is 133 Å². The third-order valence-electron chi connectivity index (χ3n) is 12.9. The van der Waals surface area contributed by atoms with Crippen LogP contribution < -0.4 is 0 Å². The third-order valence-corrected chi connectivity index (χ3v) is 12.9. The highest BCUT2D eigenvalue weighted by molar-refractivity contribution is 6.12. The van der Waals surface area contributed by atoms with Gasteiger partial charge in [0.1, 0.15) is 5.82 Å². The molecule has 13 rings (SSSR count). The molecular formula is C60H39N5. The molecule has 9 aromatic carbocycles. The monoisotopic (exact) mass is 829 g/mol. The molecule has 0 N–H and O–H groups in total. The maximum atomic E-state index is 5.15. The van der Waals surface area contributed by atoms with Gasteiger partial charge >= 0.3 is 0 Å². The minimum absolute atomic E-state index is 0.899. The molecule has 4 heterocycles. The maximum absolute atomic E-state index is 5.15. The largest absolute Gasteiger partial charge is 0.309 e. The predicted octanol–water partition coefficient (Wildman–Crippen LogP) is 15.3. The van der Waals surface area contributed by atoms with Crippen LogP contribution in [0, 0.1) is 0 Å². The van der Waals surface area contributed by atoms with E-state index in [1.165, 1.54) is 65.9 Å². The maximum Gasteiger partial charge on any atom is 0.145 e.